The van der Waals surface area contributed by atoms with Crippen molar-refractivity contribution in [3.05, 3.63) is 16.3 Å². The minimum Gasteiger partial charge on any atom is -0.465 e. The molecule has 0 aliphatic heterocycles. The zero-order valence-electron chi connectivity index (χ0n) is 12.4. The fourth-order valence-corrected chi connectivity index (χ4v) is 2.61. The van der Waals surface area contributed by atoms with Crippen LogP contribution in [0.5, 0.6) is 0 Å². The Bertz CT molecular complexity index is 462. The zero-order chi connectivity index (χ0) is 15.7. The second kappa shape index (κ2) is 9.49. The number of esters is 1. The Morgan fingerprint density at radius 3 is 2.81 bits per heavy atom. The Balaban J connectivity index is 2.59. The molecular formula is C14H22N2O4S. The van der Waals surface area contributed by atoms with Crippen molar-refractivity contribution in [2.75, 3.05) is 38.7 Å². The standard InChI is InChI=1S/C14H22N2O4S/c1-3-4-6-16(7-8-17)10-12(18)15-11-5-9-21-13(11)14(19)20-2/h5,9,17H,3-4,6-8,10H2,1-2H3,(H,15,18). The molecule has 7 heteroatoms. The van der Waals surface area contributed by atoms with Gasteiger partial charge in [0.25, 0.3) is 0 Å². The number of amides is 1. The van der Waals surface area contributed by atoms with Crippen LogP contribution >= 0.6 is 11.3 Å². The molecule has 0 spiro atoms. The molecule has 0 bridgehead atoms. The van der Waals surface area contributed by atoms with E-state index in [4.69, 9.17) is 5.11 Å². The highest BCUT2D eigenvalue weighted by atomic mass is 32.1. The number of thiophene rings is 1. The van der Waals surface area contributed by atoms with Crippen molar-refractivity contribution in [1.82, 2.24) is 4.90 Å². The minimum absolute atomic E-state index is 0.0167. The van der Waals surface area contributed by atoms with Crippen molar-refractivity contribution < 1.29 is 19.4 Å². The van der Waals surface area contributed by atoms with Crippen molar-refractivity contribution >= 4 is 28.9 Å². The lowest BCUT2D eigenvalue weighted by molar-refractivity contribution is -0.117. The van der Waals surface area contributed by atoms with Gasteiger partial charge in [0, 0.05) is 6.54 Å². The number of aliphatic hydroxyl groups excluding tert-OH is 1. The number of hydrogen-bond donors (Lipinski definition) is 2. The summed E-state index contributed by atoms with van der Waals surface area (Å²) in [5, 5.41) is 13.5. The molecule has 1 heterocycles. The molecule has 2 N–H and O–H groups in total. The summed E-state index contributed by atoms with van der Waals surface area (Å²) in [7, 11) is 1.31. The van der Waals surface area contributed by atoms with Gasteiger partial charge in [-0.05, 0) is 24.4 Å². The van der Waals surface area contributed by atoms with Gasteiger partial charge in [0.05, 0.1) is 25.9 Å². The molecule has 0 aliphatic rings. The number of carbonyl (C=O) groups excluding carboxylic acids is 2. The van der Waals surface area contributed by atoms with E-state index in [1.54, 1.807) is 11.4 Å². The molecule has 0 saturated heterocycles. The third-order valence-corrected chi connectivity index (χ3v) is 3.82. The van der Waals surface area contributed by atoms with Crippen LogP contribution in [0.1, 0.15) is 29.4 Å². The summed E-state index contributed by atoms with van der Waals surface area (Å²) >= 11 is 1.22. The normalized spacial score (nSPS) is 10.7. The summed E-state index contributed by atoms with van der Waals surface area (Å²) in [6.07, 6.45) is 2.00. The van der Waals surface area contributed by atoms with Gasteiger partial charge in [0.1, 0.15) is 4.88 Å². The van der Waals surface area contributed by atoms with Crippen molar-refractivity contribution in [2.45, 2.75) is 19.8 Å². The third-order valence-electron chi connectivity index (χ3n) is 2.92. The van der Waals surface area contributed by atoms with E-state index < -0.39 is 5.97 Å². The first kappa shape index (κ1) is 17.6. The van der Waals surface area contributed by atoms with E-state index in [9.17, 15) is 9.59 Å². The van der Waals surface area contributed by atoms with E-state index in [0.717, 1.165) is 19.4 Å². The van der Waals surface area contributed by atoms with Gasteiger partial charge in [-0.1, -0.05) is 13.3 Å². The Hall–Kier alpha value is -1.44. The quantitative estimate of drug-likeness (QED) is 0.676. The highest BCUT2D eigenvalue weighted by Gasteiger charge is 2.17. The maximum atomic E-state index is 12.0. The van der Waals surface area contributed by atoms with E-state index in [1.165, 1.54) is 18.4 Å². The molecule has 0 fully saturated rings. The number of rotatable bonds is 9. The number of hydrogen-bond acceptors (Lipinski definition) is 6. The maximum Gasteiger partial charge on any atom is 0.350 e. The summed E-state index contributed by atoms with van der Waals surface area (Å²) in [6.45, 7) is 3.50. The van der Waals surface area contributed by atoms with Crippen LogP contribution in [0.2, 0.25) is 0 Å². The Kier molecular flexibility index (Phi) is 7.96. The number of carbonyl (C=O) groups is 2. The number of nitrogens with zero attached hydrogens (tertiary/aromatic N) is 1. The molecule has 6 nitrogen and oxygen atoms in total. The second-order valence-corrected chi connectivity index (χ2v) is 5.47. The van der Waals surface area contributed by atoms with Gasteiger partial charge in [0.2, 0.25) is 5.91 Å². The minimum atomic E-state index is -0.460. The van der Waals surface area contributed by atoms with Crippen molar-refractivity contribution in [3.8, 4) is 0 Å². The number of aliphatic hydroxyl groups is 1. The Morgan fingerprint density at radius 2 is 2.19 bits per heavy atom. The van der Waals surface area contributed by atoms with Crippen LogP contribution in [-0.2, 0) is 9.53 Å². The fourth-order valence-electron chi connectivity index (χ4n) is 1.84. The summed E-state index contributed by atoms with van der Waals surface area (Å²) in [4.78, 5) is 25.9. The second-order valence-electron chi connectivity index (χ2n) is 4.56. The predicted octanol–water partition coefficient (Wildman–Crippen LogP) is 1.57. The zero-order valence-corrected chi connectivity index (χ0v) is 13.2. The Morgan fingerprint density at radius 1 is 1.43 bits per heavy atom. The molecule has 0 aliphatic carbocycles. The van der Waals surface area contributed by atoms with Crippen molar-refractivity contribution in [3.63, 3.8) is 0 Å². The molecule has 0 radical (unpaired) electrons. The number of ether oxygens (including phenoxy) is 1. The van der Waals surface area contributed by atoms with E-state index in [1.807, 2.05) is 4.90 Å². The fraction of sp³-hybridized carbons (Fsp3) is 0.571. The molecule has 0 atom stereocenters. The van der Waals surface area contributed by atoms with Gasteiger partial charge in [-0.3, -0.25) is 9.69 Å². The number of methoxy groups -OCH3 is 1. The lowest BCUT2D eigenvalue weighted by atomic mass is 10.3. The first-order valence-corrected chi connectivity index (χ1v) is 7.79. The van der Waals surface area contributed by atoms with E-state index in [0.29, 0.717) is 17.1 Å². The van der Waals surface area contributed by atoms with Gasteiger partial charge in [0.15, 0.2) is 0 Å². The molecule has 1 amide bonds. The van der Waals surface area contributed by atoms with Crippen LogP contribution in [0.3, 0.4) is 0 Å². The topological polar surface area (TPSA) is 78.9 Å². The number of unbranched alkanes of at least 4 members (excludes halogenated alkanes) is 1. The predicted molar refractivity (Wildman–Crippen MR) is 82.7 cm³/mol. The van der Waals surface area contributed by atoms with Gasteiger partial charge < -0.3 is 15.2 Å². The molecule has 1 aromatic rings. The molecule has 0 saturated carbocycles. The molecule has 1 rings (SSSR count). The monoisotopic (exact) mass is 314 g/mol. The van der Waals surface area contributed by atoms with Gasteiger partial charge >= 0.3 is 5.97 Å². The van der Waals surface area contributed by atoms with Crippen molar-refractivity contribution in [2.24, 2.45) is 0 Å². The highest BCUT2D eigenvalue weighted by Crippen LogP contribution is 2.23. The number of anilines is 1. The molecular weight excluding hydrogens is 292 g/mol. The van der Waals surface area contributed by atoms with Crippen LogP contribution in [-0.4, -0.2) is 55.2 Å². The first-order chi connectivity index (χ1) is 10.1. The van der Waals surface area contributed by atoms with E-state index in [-0.39, 0.29) is 19.1 Å². The van der Waals surface area contributed by atoms with Crippen LogP contribution in [0.15, 0.2) is 11.4 Å². The summed E-state index contributed by atoms with van der Waals surface area (Å²) < 4.78 is 4.67. The average Bonchev–Trinajstić information content (AvgIpc) is 2.92. The first-order valence-electron chi connectivity index (χ1n) is 6.91. The largest absolute Gasteiger partial charge is 0.465 e. The molecule has 0 unspecified atom stereocenters. The van der Waals surface area contributed by atoms with Crippen LogP contribution in [0, 0.1) is 0 Å². The molecule has 0 aromatic carbocycles. The SMILES string of the molecule is CCCCN(CCO)CC(=O)Nc1ccsc1C(=O)OC. The van der Waals surface area contributed by atoms with Gasteiger partial charge in [-0.25, -0.2) is 4.79 Å². The van der Waals surface area contributed by atoms with Gasteiger partial charge in [-0.2, -0.15) is 0 Å². The summed E-state index contributed by atoms with van der Waals surface area (Å²) in [5.74, 6) is -0.665. The lowest BCUT2D eigenvalue weighted by Gasteiger charge is -2.20. The van der Waals surface area contributed by atoms with E-state index in [2.05, 4.69) is 17.0 Å². The summed E-state index contributed by atoms with van der Waals surface area (Å²) in [5.41, 5.74) is 0.469. The maximum absolute atomic E-state index is 12.0. The smallest absolute Gasteiger partial charge is 0.350 e. The van der Waals surface area contributed by atoms with Crippen LogP contribution in [0.25, 0.3) is 0 Å². The molecule has 118 valence electrons. The van der Waals surface area contributed by atoms with Gasteiger partial charge in [-0.15, -0.1) is 11.3 Å². The molecule has 1 aromatic heterocycles. The van der Waals surface area contributed by atoms with E-state index >= 15 is 0 Å². The van der Waals surface area contributed by atoms with Crippen molar-refractivity contribution in [1.29, 1.82) is 0 Å². The highest BCUT2D eigenvalue weighted by molar-refractivity contribution is 7.12. The average molecular weight is 314 g/mol. The van der Waals surface area contributed by atoms with Crippen LogP contribution < -0.4 is 5.32 Å². The molecule has 21 heavy (non-hydrogen) atoms. The number of nitrogens with one attached hydrogen (secondary N) is 1. The Labute approximate surface area is 128 Å². The van der Waals surface area contributed by atoms with Crippen LogP contribution in [0.4, 0.5) is 5.69 Å². The lowest BCUT2D eigenvalue weighted by Crippen LogP contribution is -2.36. The summed E-state index contributed by atoms with van der Waals surface area (Å²) in [6, 6.07) is 1.68. The third kappa shape index (κ3) is 5.82.